The summed E-state index contributed by atoms with van der Waals surface area (Å²) < 4.78 is 1.03. The first-order chi connectivity index (χ1) is 9.13. The number of aryl methyl sites for hydroxylation is 1. The van der Waals surface area contributed by atoms with E-state index in [-0.39, 0.29) is 12.5 Å². The van der Waals surface area contributed by atoms with Crippen LogP contribution in [0.25, 0.3) is 0 Å². The maximum absolute atomic E-state index is 12.5. The van der Waals surface area contributed by atoms with Gasteiger partial charge in [0.15, 0.2) is 0 Å². The minimum Gasteiger partial charge on any atom is -0.396 e. The molecule has 0 bridgehead atoms. The zero-order valence-corrected chi connectivity index (χ0v) is 12.8. The Labute approximate surface area is 122 Å². The molecule has 1 saturated heterocycles. The SMILES string of the molecule is Cc1cc(C(=O)N2CCCC2CCCO)ccc1Br. The van der Waals surface area contributed by atoms with E-state index in [9.17, 15) is 4.79 Å². The number of nitrogens with zero attached hydrogens (tertiary/aromatic N) is 1. The zero-order valence-electron chi connectivity index (χ0n) is 11.2. The number of aliphatic hydroxyl groups is 1. The third-order valence-corrected chi connectivity index (χ3v) is 4.63. The van der Waals surface area contributed by atoms with E-state index in [0.717, 1.165) is 47.8 Å². The maximum Gasteiger partial charge on any atom is 0.254 e. The molecule has 2 rings (SSSR count). The molecule has 1 heterocycles. The van der Waals surface area contributed by atoms with Crippen molar-refractivity contribution in [3.8, 4) is 0 Å². The van der Waals surface area contributed by atoms with E-state index in [0.29, 0.717) is 6.04 Å². The van der Waals surface area contributed by atoms with Crippen LogP contribution in [0.3, 0.4) is 0 Å². The van der Waals surface area contributed by atoms with E-state index in [1.54, 1.807) is 0 Å². The van der Waals surface area contributed by atoms with Gasteiger partial charge in [0.05, 0.1) is 0 Å². The van der Waals surface area contributed by atoms with Crippen LogP contribution in [0, 0.1) is 6.92 Å². The molecule has 0 saturated carbocycles. The minimum absolute atomic E-state index is 0.121. The van der Waals surface area contributed by atoms with Crippen molar-refractivity contribution in [3.05, 3.63) is 33.8 Å². The van der Waals surface area contributed by atoms with Crippen molar-refractivity contribution in [2.24, 2.45) is 0 Å². The first kappa shape index (κ1) is 14.5. The van der Waals surface area contributed by atoms with Gasteiger partial charge in [-0.05, 0) is 56.4 Å². The lowest BCUT2D eigenvalue weighted by Gasteiger charge is -2.25. The Bertz CT molecular complexity index is 461. The number of hydrogen-bond donors (Lipinski definition) is 1. The lowest BCUT2D eigenvalue weighted by Crippen LogP contribution is -2.35. The molecule has 0 radical (unpaired) electrons. The molecule has 1 fully saturated rings. The fraction of sp³-hybridized carbons (Fsp3) is 0.533. The molecule has 1 unspecified atom stereocenters. The Balaban J connectivity index is 2.11. The van der Waals surface area contributed by atoms with Gasteiger partial charge in [0.1, 0.15) is 0 Å². The molecule has 1 atom stereocenters. The molecule has 1 aliphatic rings. The van der Waals surface area contributed by atoms with Gasteiger partial charge in [-0.15, -0.1) is 0 Å². The van der Waals surface area contributed by atoms with Crippen LogP contribution >= 0.6 is 15.9 Å². The van der Waals surface area contributed by atoms with E-state index in [1.807, 2.05) is 30.0 Å². The fourth-order valence-electron chi connectivity index (χ4n) is 2.67. The second-order valence-electron chi connectivity index (χ2n) is 5.12. The molecule has 0 aliphatic carbocycles. The first-order valence-corrected chi connectivity index (χ1v) is 7.60. The average Bonchev–Trinajstić information content (AvgIpc) is 2.87. The Morgan fingerprint density at radius 1 is 1.53 bits per heavy atom. The van der Waals surface area contributed by atoms with Crippen molar-refractivity contribution in [3.63, 3.8) is 0 Å². The number of halogens is 1. The summed E-state index contributed by atoms with van der Waals surface area (Å²) >= 11 is 3.46. The van der Waals surface area contributed by atoms with Gasteiger partial charge in [-0.3, -0.25) is 4.79 Å². The Morgan fingerprint density at radius 3 is 3.00 bits per heavy atom. The number of carbonyl (C=O) groups is 1. The van der Waals surface area contributed by atoms with Crippen LogP contribution in [0.15, 0.2) is 22.7 Å². The predicted molar refractivity (Wildman–Crippen MR) is 79.3 cm³/mol. The summed E-state index contributed by atoms with van der Waals surface area (Å²) in [6.45, 7) is 3.04. The van der Waals surface area contributed by atoms with Crippen LogP contribution in [0.5, 0.6) is 0 Å². The molecule has 0 spiro atoms. The van der Waals surface area contributed by atoms with Crippen LogP contribution < -0.4 is 0 Å². The number of aliphatic hydroxyl groups excluding tert-OH is 1. The van der Waals surface area contributed by atoms with Crippen molar-refractivity contribution >= 4 is 21.8 Å². The van der Waals surface area contributed by atoms with E-state index in [4.69, 9.17) is 5.11 Å². The molecule has 1 amide bonds. The molecule has 3 nitrogen and oxygen atoms in total. The standard InChI is InChI=1S/C15H20BrNO2/c1-11-10-12(6-7-14(11)16)15(19)17-8-2-4-13(17)5-3-9-18/h6-7,10,13,18H,2-5,8-9H2,1H3. The molecule has 1 aliphatic heterocycles. The van der Waals surface area contributed by atoms with Crippen molar-refractivity contribution < 1.29 is 9.90 Å². The van der Waals surface area contributed by atoms with Gasteiger partial charge in [0, 0.05) is 29.2 Å². The second-order valence-corrected chi connectivity index (χ2v) is 5.98. The summed E-state index contributed by atoms with van der Waals surface area (Å²) in [6, 6.07) is 6.04. The van der Waals surface area contributed by atoms with Crippen LogP contribution in [0.2, 0.25) is 0 Å². The third kappa shape index (κ3) is 3.37. The van der Waals surface area contributed by atoms with E-state index >= 15 is 0 Å². The highest BCUT2D eigenvalue weighted by atomic mass is 79.9. The summed E-state index contributed by atoms with van der Waals surface area (Å²) in [4.78, 5) is 14.5. The monoisotopic (exact) mass is 325 g/mol. The highest BCUT2D eigenvalue weighted by Gasteiger charge is 2.28. The van der Waals surface area contributed by atoms with Gasteiger partial charge < -0.3 is 10.0 Å². The Hall–Kier alpha value is -0.870. The van der Waals surface area contributed by atoms with Gasteiger partial charge in [-0.2, -0.15) is 0 Å². The molecule has 1 aromatic rings. The number of amides is 1. The van der Waals surface area contributed by atoms with Crippen LogP contribution in [0.4, 0.5) is 0 Å². The number of benzene rings is 1. The predicted octanol–water partition coefficient (Wildman–Crippen LogP) is 3.13. The normalized spacial score (nSPS) is 18.9. The highest BCUT2D eigenvalue weighted by Crippen LogP contribution is 2.25. The molecule has 19 heavy (non-hydrogen) atoms. The lowest BCUT2D eigenvalue weighted by atomic mass is 10.1. The van der Waals surface area contributed by atoms with E-state index < -0.39 is 0 Å². The molecule has 0 aromatic heterocycles. The van der Waals surface area contributed by atoms with Crippen LogP contribution in [0.1, 0.15) is 41.6 Å². The van der Waals surface area contributed by atoms with Crippen LogP contribution in [-0.4, -0.2) is 35.1 Å². The fourth-order valence-corrected chi connectivity index (χ4v) is 2.92. The summed E-state index contributed by atoms with van der Waals surface area (Å²) in [5.74, 6) is 0.121. The molecule has 4 heteroatoms. The number of rotatable bonds is 4. The third-order valence-electron chi connectivity index (χ3n) is 3.74. The zero-order chi connectivity index (χ0) is 13.8. The van der Waals surface area contributed by atoms with Crippen LogP contribution in [-0.2, 0) is 0 Å². The van der Waals surface area contributed by atoms with Gasteiger partial charge in [-0.25, -0.2) is 0 Å². The van der Waals surface area contributed by atoms with Gasteiger partial charge in [0.25, 0.3) is 5.91 Å². The Morgan fingerprint density at radius 2 is 2.32 bits per heavy atom. The maximum atomic E-state index is 12.5. The smallest absolute Gasteiger partial charge is 0.254 e. The average molecular weight is 326 g/mol. The molecule has 1 aromatic carbocycles. The summed E-state index contributed by atoms with van der Waals surface area (Å²) in [6.07, 6.45) is 3.80. The van der Waals surface area contributed by atoms with Crippen molar-refractivity contribution in [2.75, 3.05) is 13.2 Å². The van der Waals surface area contributed by atoms with E-state index in [1.165, 1.54) is 0 Å². The van der Waals surface area contributed by atoms with E-state index in [2.05, 4.69) is 15.9 Å². The minimum atomic E-state index is 0.121. The highest BCUT2D eigenvalue weighted by molar-refractivity contribution is 9.10. The molecule has 104 valence electrons. The number of carbonyl (C=O) groups excluding carboxylic acids is 1. The number of hydrogen-bond acceptors (Lipinski definition) is 2. The Kier molecular flexibility index (Phi) is 4.99. The van der Waals surface area contributed by atoms with Crippen molar-refractivity contribution in [1.82, 2.24) is 4.90 Å². The molecular formula is C15H20BrNO2. The number of likely N-dealkylation sites (tertiary alicyclic amines) is 1. The molecule has 1 N–H and O–H groups in total. The van der Waals surface area contributed by atoms with Crippen molar-refractivity contribution in [2.45, 2.75) is 38.6 Å². The van der Waals surface area contributed by atoms with Gasteiger partial charge >= 0.3 is 0 Å². The van der Waals surface area contributed by atoms with Gasteiger partial charge in [0.2, 0.25) is 0 Å². The van der Waals surface area contributed by atoms with Crippen molar-refractivity contribution in [1.29, 1.82) is 0 Å². The van der Waals surface area contributed by atoms with Gasteiger partial charge in [-0.1, -0.05) is 15.9 Å². The second kappa shape index (κ2) is 6.53. The lowest BCUT2D eigenvalue weighted by molar-refractivity contribution is 0.0724. The molecular weight excluding hydrogens is 306 g/mol. The topological polar surface area (TPSA) is 40.5 Å². The summed E-state index contributed by atoms with van der Waals surface area (Å²) in [5, 5.41) is 8.93. The summed E-state index contributed by atoms with van der Waals surface area (Å²) in [7, 11) is 0. The first-order valence-electron chi connectivity index (χ1n) is 6.81. The largest absolute Gasteiger partial charge is 0.396 e. The quantitative estimate of drug-likeness (QED) is 0.923. The summed E-state index contributed by atoms with van der Waals surface area (Å²) in [5.41, 5.74) is 1.84.